The number of hydrogen-bond acceptors (Lipinski definition) is 6. The summed E-state index contributed by atoms with van der Waals surface area (Å²) in [5.41, 5.74) is 0.826. The van der Waals surface area contributed by atoms with Gasteiger partial charge >= 0.3 is 0 Å². The molecule has 138 valence electrons. The summed E-state index contributed by atoms with van der Waals surface area (Å²) in [5.74, 6) is 0.581. The number of amides is 2. The third-order valence-electron chi connectivity index (χ3n) is 4.16. The zero-order valence-corrected chi connectivity index (χ0v) is 15.9. The van der Waals surface area contributed by atoms with Crippen LogP contribution in [0.3, 0.4) is 0 Å². The number of ether oxygens (including phenoxy) is 1. The minimum Gasteiger partial charge on any atom is -0.496 e. The zero-order valence-electron chi connectivity index (χ0n) is 15.1. The van der Waals surface area contributed by atoms with Gasteiger partial charge in [0.25, 0.3) is 0 Å². The van der Waals surface area contributed by atoms with Crippen LogP contribution in [0.1, 0.15) is 20.3 Å². The summed E-state index contributed by atoms with van der Waals surface area (Å²) in [6.07, 6.45) is 0.247. The number of nitrogens with one attached hydrogen (secondary N) is 1. The Hall–Kier alpha value is -2.48. The monoisotopic (exact) mass is 374 g/mol. The van der Waals surface area contributed by atoms with Crippen LogP contribution in [0.4, 0.5) is 5.13 Å². The molecule has 3 rings (SSSR count). The van der Waals surface area contributed by atoms with Crippen LogP contribution in [0.15, 0.2) is 24.3 Å². The number of carbonyl (C=O) groups is 2. The average molecular weight is 374 g/mol. The second kappa shape index (κ2) is 7.82. The van der Waals surface area contributed by atoms with E-state index in [2.05, 4.69) is 29.4 Å². The van der Waals surface area contributed by atoms with E-state index in [0.29, 0.717) is 34.9 Å². The molecule has 0 bridgehead atoms. The first-order valence-electron chi connectivity index (χ1n) is 8.53. The standard InChI is InChI=1S/C18H22N4O3S/c1-11(2)9-22-10-12(8-15(22)23)16(24)19-18-21-20-17(26-18)13-6-4-5-7-14(13)25-3/h4-7,11-12H,8-10H2,1-3H3,(H,19,21,24)/t12-/m1/s1. The number of likely N-dealkylation sites (tertiary alicyclic amines) is 1. The van der Waals surface area contributed by atoms with Crippen LogP contribution in [0.2, 0.25) is 0 Å². The second-order valence-corrected chi connectivity index (χ2v) is 7.67. The lowest BCUT2D eigenvalue weighted by Gasteiger charge is -2.18. The molecule has 1 atom stereocenters. The van der Waals surface area contributed by atoms with Gasteiger partial charge in [0.2, 0.25) is 16.9 Å². The predicted octanol–water partition coefficient (Wildman–Crippen LogP) is 2.66. The quantitative estimate of drug-likeness (QED) is 0.840. The molecule has 1 aromatic carbocycles. The van der Waals surface area contributed by atoms with Crippen molar-refractivity contribution in [2.75, 3.05) is 25.5 Å². The molecule has 1 aliphatic rings. The molecule has 0 spiro atoms. The second-order valence-electron chi connectivity index (χ2n) is 6.70. The number of aromatic nitrogens is 2. The maximum Gasteiger partial charge on any atom is 0.231 e. The highest BCUT2D eigenvalue weighted by Gasteiger charge is 2.34. The molecule has 2 amide bonds. The Balaban J connectivity index is 1.66. The van der Waals surface area contributed by atoms with Crippen molar-refractivity contribution in [3.05, 3.63) is 24.3 Å². The first-order chi connectivity index (χ1) is 12.5. The van der Waals surface area contributed by atoms with Gasteiger partial charge in [0.15, 0.2) is 5.01 Å². The van der Waals surface area contributed by atoms with Gasteiger partial charge < -0.3 is 15.0 Å². The van der Waals surface area contributed by atoms with Gasteiger partial charge in [-0.3, -0.25) is 9.59 Å². The van der Waals surface area contributed by atoms with Crippen LogP contribution < -0.4 is 10.1 Å². The number of nitrogens with zero attached hydrogens (tertiary/aromatic N) is 3. The number of para-hydroxylation sites is 1. The molecule has 1 aromatic heterocycles. The Labute approximate surface area is 156 Å². The lowest BCUT2D eigenvalue weighted by molar-refractivity contribution is -0.128. The zero-order chi connectivity index (χ0) is 18.7. The van der Waals surface area contributed by atoms with Crippen molar-refractivity contribution in [2.45, 2.75) is 20.3 Å². The van der Waals surface area contributed by atoms with Crippen molar-refractivity contribution in [3.63, 3.8) is 0 Å². The number of carbonyl (C=O) groups excluding carboxylic acids is 2. The van der Waals surface area contributed by atoms with Gasteiger partial charge in [-0.25, -0.2) is 0 Å². The summed E-state index contributed by atoms with van der Waals surface area (Å²) in [5, 5.41) is 12.1. The van der Waals surface area contributed by atoms with E-state index >= 15 is 0 Å². The van der Waals surface area contributed by atoms with E-state index in [9.17, 15) is 9.59 Å². The highest BCUT2D eigenvalue weighted by molar-refractivity contribution is 7.18. The molecule has 1 N–H and O–H groups in total. The summed E-state index contributed by atoms with van der Waals surface area (Å²) in [4.78, 5) is 26.3. The van der Waals surface area contributed by atoms with Crippen molar-refractivity contribution in [1.29, 1.82) is 0 Å². The fourth-order valence-corrected chi connectivity index (χ4v) is 3.75. The Morgan fingerprint density at radius 1 is 1.38 bits per heavy atom. The van der Waals surface area contributed by atoms with E-state index in [1.807, 2.05) is 24.3 Å². The van der Waals surface area contributed by atoms with Crippen molar-refractivity contribution < 1.29 is 14.3 Å². The van der Waals surface area contributed by atoms with Crippen LogP contribution in [0.25, 0.3) is 10.6 Å². The predicted molar refractivity (Wildman–Crippen MR) is 100 cm³/mol. The molecule has 2 aromatic rings. The summed E-state index contributed by atoms with van der Waals surface area (Å²) >= 11 is 1.28. The molecule has 26 heavy (non-hydrogen) atoms. The van der Waals surface area contributed by atoms with E-state index in [-0.39, 0.29) is 24.2 Å². The maximum atomic E-state index is 12.5. The van der Waals surface area contributed by atoms with Crippen LogP contribution >= 0.6 is 11.3 Å². The lowest BCUT2D eigenvalue weighted by atomic mass is 10.1. The minimum absolute atomic E-state index is 0.0332. The normalized spacial score (nSPS) is 17.0. The number of methoxy groups -OCH3 is 1. The van der Waals surface area contributed by atoms with E-state index < -0.39 is 0 Å². The van der Waals surface area contributed by atoms with Crippen LogP contribution in [-0.2, 0) is 9.59 Å². The fourth-order valence-electron chi connectivity index (χ4n) is 2.98. The Morgan fingerprint density at radius 2 is 2.15 bits per heavy atom. The number of benzene rings is 1. The van der Waals surface area contributed by atoms with Gasteiger partial charge in [-0.1, -0.05) is 37.3 Å². The Morgan fingerprint density at radius 3 is 2.88 bits per heavy atom. The molecule has 0 radical (unpaired) electrons. The van der Waals surface area contributed by atoms with Gasteiger partial charge in [-0.05, 0) is 18.1 Å². The molecule has 7 nitrogen and oxygen atoms in total. The molecular weight excluding hydrogens is 352 g/mol. The number of hydrogen-bond donors (Lipinski definition) is 1. The summed E-state index contributed by atoms with van der Waals surface area (Å²) in [7, 11) is 1.60. The number of anilines is 1. The molecular formula is C18H22N4O3S. The van der Waals surface area contributed by atoms with Gasteiger partial charge in [0.1, 0.15) is 5.75 Å². The van der Waals surface area contributed by atoms with Gasteiger partial charge in [0.05, 0.1) is 18.6 Å². The molecule has 0 unspecified atom stereocenters. The summed E-state index contributed by atoms with van der Waals surface area (Å²) in [6.45, 7) is 5.25. The molecule has 1 aliphatic heterocycles. The molecule has 0 saturated carbocycles. The lowest BCUT2D eigenvalue weighted by Crippen LogP contribution is -2.31. The largest absolute Gasteiger partial charge is 0.496 e. The maximum absolute atomic E-state index is 12.5. The molecule has 2 heterocycles. The molecule has 8 heteroatoms. The van der Waals surface area contributed by atoms with E-state index in [0.717, 1.165) is 5.56 Å². The first kappa shape index (κ1) is 18.3. The molecule has 1 saturated heterocycles. The smallest absolute Gasteiger partial charge is 0.231 e. The van der Waals surface area contributed by atoms with Crippen LogP contribution in [-0.4, -0.2) is 47.1 Å². The van der Waals surface area contributed by atoms with Crippen LogP contribution in [0, 0.1) is 11.8 Å². The van der Waals surface area contributed by atoms with E-state index in [1.165, 1.54) is 11.3 Å². The van der Waals surface area contributed by atoms with Crippen molar-refractivity contribution >= 4 is 28.3 Å². The fraction of sp³-hybridized carbons (Fsp3) is 0.444. The van der Waals surface area contributed by atoms with Gasteiger partial charge in [-0.15, -0.1) is 10.2 Å². The van der Waals surface area contributed by atoms with Crippen LogP contribution in [0.5, 0.6) is 5.75 Å². The third kappa shape index (κ3) is 4.01. The van der Waals surface area contributed by atoms with Gasteiger partial charge in [0, 0.05) is 19.5 Å². The Kier molecular flexibility index (Phi) is 5.51. The highest BCUT2D eigenvalue weighted by atomic mass is 32.1. The minimum atomic E-state index is -0.347. The topological polar surface area (TPSA) is 84.4 Å². The number of rotatable bonds is 6. The highest BCUT2D eigenvalue weighted by Crippen LogP contribution is 2.33. The summed E-state index contributed by atoms with van der Waals surface area (Å²) in [6, 6.07) is 7.52. The third-order valence-corrected chi connectivity index (χ3v) is 5.04. The van der Waals surface area contributed by atoms with E-state index in [1.54, 1.807) is 12.0 Å². The molecule has 1 fully saturated rings. The van der Waals surface area contributed by atoms with Crippen molar-refractivity contribution in [2.24, 2.45) is 11.8 Å². The Bertz CT molecular complexity index is 805. The summed E-state index contributed by atoms with van der Waals surface area (Å²) < 4.78 is 5.34. The van der Waals surface area contributed by atoms with E-state index in [4.69, 9.17) is 4.74 Å². The van der Waals surface area contributed by atoms with Crippen molar-refractivity contribution in [1.82, 2.24) is 15.1 Å². The molecule has 0 aliphatic carbocycles. The van der Waals surface area contributed by atoms with Gasteiger partial charge in [-0.2, -0.15) is 0 Å². The first-order valence-corrected chi connectivity index (χ1v) is 9.35. The SMILES string of the molecule is COc1ccccc1-c1nnc(NC(=O)[C@@H]2CC(=O)N(CC(C)C)C2)s1. The van der Waals surface area contributed by atoms with Crippen molar-refractivity contribution in [3.8, 4) is 16.3 Å². The average Bonchev–Trinajstić information content (AvgIpc) is 3.21.